The summed E-state index contributed by atoms with van der Waals surface area (Å²) in [7, 11) is 0. The highest BCUT2D eigenvalue weighted by Crippen LogP contribution is 2.17. The quantitative estimate of drug-likeness (QED) is 0.762. The lowest BCUT2D eigenvalue weighted by Gasteiger charge is -2.21. The van der Waals surface area contributed by atoms with Gasteiger partial charge in [0.05, 0.1) is 6.61 Å². The molecule has 1 fully saturated rings. The largest absolute Gasteiger partial charge is 0.411 e. The molecule has 2 N–H and O–H groups in total. The maximum absolute atomic E-state index is 12.0. The molecule has 2 rings (SSSR count). The fourth-order valence-electron chi connectivity index (χ4n) is 3.06. The number of rotatable bonds is 6. The van der Waals surface area contributed by atoms with E-state index in [0.717, 1.165) is 31.2 Å². The third kappa shape index (κ3) is 8.56. The highest BCUT2D eigenvalue weighted by Gasteiger charge is 2.27. The minimum Gasteiger partial charge on any atom is -0.367 e. The van der Waals surface area contributed by atoms with Crippen LogP contribution in [0.15, 0.2) is 24.3 Å². The van der Waals surface area contributed by atoms with Gasteiger partial charge in [0.2, 0.25) is 0 Å². The van der Waals surface area contributed by atoms with Crippen molar-refractivity contribution in [2.45, 2.75) is 70.3 Å². The lowest BCUT2D eigenvalue weighted by molar-refractivity contribution is -0.176. The van der Waals surface area contributed by atoms with E-state index >= 15 is 0 Å². The van der Waals surface area contributed by atoms with Crippen LogP contribution in [0.3, 0.4) is 0 Å². The number of carbonyl (C=O) groups excluding carboxylic acids is 1. The summed E-state index contributed by atoms with van der Waals surface area (Å²) in [5, 5.41) is 5.87. The molecule has 0 spiro atoms. The minimum absolute atomic E-state index is 0.0879. The molecule has 0 heterocycles. The number of alkyl halides is 3. The van der Waals surface area contributed by atoms with Gasteiger partial charge in [0.25, 0.3) is 0 Å². The zero-order chi connectivity index (χ0) is 18.8. The maximum atomic E-state index is 12.0. The third-order valence-electron chi connectivity index (χ3n) is 4.45. The van der Waals surface area contributed by atoms with E-state index in [9.17, 15) is 18.0 Å². The molecule has 0 aromatic heterocycles. The number of carbonyl (C=O) groups is 1. The Morgan fingerprint density at radius 1 is 1.00 bits per heavy atom. The zero-order valence-corrected chi connectivity index (χ0v) is 14.9. The Hall–Kier alpha value is -1.76. The maximum Gasteiger partial charge on any atom is 0.411 e. The molecule has 0 aliphatic heterocycles. The molecule has 0 radical (unpaired) electrons. The molecule has 0 unspecified atom stereocenters. The summed E-state index contributed by atoms with van der Waals surface area (Å²) in [5.74, 6) is 0. The number of ether oxygens (including phenoxy) is 1. The van der Waals surface area contributed by atoms with E-state index in [-0.39, 0.29) is 18.7 Å². The predicted octanol–water partition coefficient (Wildman–Crippen LogP) is 4.68. The molecule has 2 amide bonds. The second-order valence-electron chi connectivity index (χ2n) is 6.79. The zero-order valence-electron chi connectivity index (χ0n) is 14.9. The van der Waals surface area contributed by atoms with Gasteiger partial charge in [-0.3, -0.25) is 0 Å². The van der Waals surface area contributed by atoms with Gasteiger partial charge in [-0.05, 0) is 24.0 Å². The first kappa shape index (κ1) is 20.6. The van der Waals surface area contributed by atoms with Crippen LogP contribution in [0.2, 0.25) is 0 Å². The molecule has 1 aliphatic carbocycles. The average molecular weight is 372 g/mol. The van der Waals surface area contributed by atoms with Crippen molar-refractivity contribution >= 4 is 6.03 Å². The van der Waals surface area contributed by atoms with Gasteiger partial charge >= 0.3 is 12.2 Å². The molecule has 146 valence electrons. The van der Waals surface area contributed by atoms with Gasteiger partial charge in [-0.15, -0.1) is 0 Å². The van der Waals surface area contributed by atoms with Crippen LogP contribution in [0.1, 0.15) is 56.1 Å². The summed E-state index contributed by atoms with van der Waals surface area (Å²) in [4.78, 5) is 12.0. The van der Waals surface area contributed by atoms with Gasteiger partial charge < -0.3 is 15.4 Å². The Balaban J connectivity index is 1.68. The average Bonchev–Trinajstić information content (AvgIpc) is 2.55. The van der Waals surface area contributed by atoms with Crippen LogP contribution in [-0.4, -0.2) is 24.9 Å². The normalized spacial score (nSPS) is 16.6. The molecule has 7 heteroatoms. The second-order valence-corrected chi connectivity index (χ2v) is 6.79. The van der Waals surface area contributed by atoms with Crippen molar-refractivity contribution in [2.75, 3.05) is 6.61 Å². The standard InChI is InChI=1S/C19H27F3N2O2/c20-19(21,22)14-26-13-16-10-8-15(9-11-16)12-23-18(25)24-17-6-4-2-1-3-5-7-17/h8-11,17H,1-7,12-14H2,(H2,23,24,25). The highest BCUT2D eigenvalue weighted by atomic mass is 19.4. The SMILES string of the molecule is O=C(NCc1ccc(COCC(F)(F)F)cc1)NC1CCCCCCC1. The van der Waals surface area contributed by atoms with Crippen molar-refractivity contribution in [3.05, 3.63) is 35.4 Å². The fourth-order valence-corrected chi connectivity index (χ4v) is 3.06. The van der Waals surface area contributed by atoms with Crippen molar-refractivity contribution in [2.24, 2.45) is 0 Å². The van der Waals surface area contributed by atoms with Crippen molar-refractivity contribution in [1.82, 2.24) is 10.6 Å². The molecule has 4 nitrogen and oxygen atoms in total. The number of amides is 2. The Bertz CT molecular complexity index is 539. The molecular formula is C19H27F3N2O2. The van der Waals surface area contributed by atoms with Crippen LogP contribution >= 0.6 is 0 Å². The van der Waals surface area contributed by atoms with Crippen molar-refractivity contribution in [3.63, 3.8) is 0 Å². The predicted molar refractivity (Wildman–Crippen MR) is 93.6 cm³/mol. The Morgan fingerprint density at radius 2 is 1.58 bits per heavy atom. The smallest absolute Gasteiger partial charge is 0.367 e. The van der Waals surface area contributed by atoms with Gasteiger partial charge in [0.15, 0.2) is 0 Å². The molecule has 0 saturated heterocycles. The molecule has 0 atom stereocenters. The summed E-state index contributed by atoms with van der Waals surface area (Å²) in [6, 6.07) is 7.04. The molecule has 0 bridgehead atoms. The first-order chi connectivity index (χ1) is 12.4. The van der Waals surface area contributed by atoms with E-state index in [1.54, 1.807) is 24.3 Å². The van der Waals surface area contributed by atoms with Crippen LogP contribution in [0, 0.1) is 0 Å². The van der Waals surface area contributed by atoms with Crippen molar-refractivity contribution in [1.29, 1.82) is 0 Å². The highest BCUT2D eigenvalue weighted by molar-refractivity contribution is 5.74. The summed E-state index contributed by atoms with van der Waals surface area (Å²) in [6.45, 7) is -0.963. The van der Waals surface area contributed by atoms with Crippen LogP contribution in [-0.2, 0) is 17.9 Å². The van der Waals surface area contributed by atoms with Gasteiger partial charge in [-0.1, -0.05) is 56.4 Å². The van der Waals surface area contributed by atoms with E-state index in [1.807, 2.05) is 0 Å². The molecule has 1 aromatic carbocycles. The van der Waals surface area contributed by atoms with E-state index in [4.69, 9.17) is 0 Å². The van der Waals surface area contributed by atoms with Crippen LogP contribution in [0.25, 0.3) is 0 Å². The van der Waals surface area contributed by atoms with Crippen molar-refractivity contribution < 1.29 is 22.7 Å². The van der Waals surface area contributed by atoms with Gasteiger partial charge in [0, 0.05) is 12.6 Å². The molecular weight excluding hydrogens is 345 g/mol. The number of nitrogens with one attached hydrogen (secondary N) is 2. The summed E-state index contributed by atoms with van der Waals surface area (Å²) in [5.41, 5.74) is 1.55. The van der Waals surface area contributed by atoms with Gasteiger partial charge in [0.1, 0.15) is 6.61 Å². The van der Waals surface area contributed by atoms with Crippen LogP contribution < -0.4 is 10.6 Å². The second kappa shape index (κ2) is 10.4. The fraction of sp³-hybridized carbons (Fsp3) is 0.632. The number of hydrogen-bond donors (Lipinski definition) is 2. The lowest BCUT2D eigenvalue weighted by atomic mass is 9.97. The number of benzene rings is 1. The number of halogens is 3. The number of urea groups is 1. The first-order valence-corrected chi connectivity index (χ1v) is 9.19. The van der Waals surface area contributed by atoms with Gasteiger partial charge in [-0.25, -0.2) is 4.79 Å². The first-order valence-electron chi connectivity index (χ1n) is 9.19. The molecule has 26 heavy (non-hydrogen) atoms. The monoisotopic (exact) mass is 372 g/mol. The minimum atomic E-state index is -4.31. The molecule has 1 saturated carbocycles. The number of hydrogen-bond acceptors (Lipinski definition) is 2. The van der Waals surface area contributed by atoms with E-state index in [0.29, 0.717) is 12.1 Å². The lowest BCUT2D eigenvalue weighted by Crippen LogP contribution is -2.42. The Labute approximate surface area is 152 Å². The Kier molecular flexibility index (Phi) is 8.22. The van der Waals surface area contributed by atoms with Crippen LogP contribution in [0.4, 0.5) is 18.0 Å². The van der Waals surface area contributed by atoms with Crippen molar-refractivity contribution in [3.8, 4) is 0 Å². The van der Waals surface area contributed by atoms with E-state index in [1.165, 1.54) is 19.3 Å². The third-order valence-corrected chi connectivity index (χ3v) is 4.45. The molecule has 1 aromatic rings. The topological polar surface area (TPSA) is 50.4 Å². The summed E-state index contributed by atoms with van der Waals surface area (Å²) in [6.07, 6.45) is 3.81. The van der Waals surface area contributed by atoms with Crippen LogP contribution in [0.5, 0.6) is 0 Å². The molecule has 1 aliphatic rings. The Morgan fingerprint density at radius 3 is 2.19 bits per heavy atom. The van der Waals surface area contributed by atoms with Gasteiger partial charge in [-0.2, -0.15) is 13.2 Å². The van der Waals surface area contributed by atoms with E-state index in [2.05, 4.69) is 15.4 Å². The summed E-state index contributed by atoms with van der Waals surface area (Å²) < 4.78 is 40.7. The summed E-state index contributed by atoms with van der Waals surface area (Å²) >= 11 is 0. The van der Waals surface area contributed by atoms with E-state index < -0.39 is 12.8 Å².